The van der Waals surface area contributed by atoms with Crippen LogP contribution in [0, 0.1) is 13.8 Å². The number of nitrogens with one attached hydrogen (secondary N) is 1. The summed E-state index contributed by atoms with van der Waals surface area (Å²) in [5, 5.41) is 7.81. The second-order valence-corrected chi connectivity index (χ2v) is 4.22. The van der Waals surface area contributed by atoms with Crippen LogP contribution >= 0.6 is 11.6 Å². The number of nitrogens with zero attached hydrogens (tertiary/aromatic N) is 2. The lowest BCUT2D eigenvalue weighted by Crippen LogP contribution is -2.45. The molecule has 2 unspecified atom stereocenters. The third-order valence-corrected chi connectivity index (χ3v) is 3.27. The minimum atomic E-state index is -0.464. The smallest absolute Gasteiger partial charge is 0.236 e. The molecule has 0 fully saturated rings. The van der Waals surface area contributed by atoms with E-state index in [9.17, 15) is 4.79 Å². The first-order valence-electron chi connectivity index (χ1n) is 5.08. The summed E-state index contributed by atoms with van der Waals surface area (Å²) in [6.07, 6.45) is 0. The molecule has 0 aliphatic heterocycles. The molecule has 1 amide bonds. The SMILES string of the molecule is CNC(C(N)=O)C(C)n1nc(C)c(Cl)c1C. The number of halogens is 1. The lowest BCUT2D eigenvalue weighted by molar-refractivity contribution is -0.120. The van der Waals surface area contributed by atoms with Gasteiger partial charge in [-0.2, -0.15) is 5.10 Å². The minimum absolute atomic E-state index is 0.173. The highest BCUT2D eigenvalue weighted by Crippen LogP contribution is 2.23. The summed E-state index contributed by atoms with van der Waals surface area (Å²) in [6.45, 7) is 5.57. The molecule has 3 N–H and O–H groups in total. The molecule has 0 aliphatic carbocycles. The molecular weight excluding hydrogens is 228 g/mol. The van der Waals surface area contributed by atoms with Crippen LogP contribution in [0.3, 0.4) is 0 Å². The molecule has 0 spiro atoms. The normalized spacial score (nSPS) is 14.8. The van der Waals surface area contributed by atoms with E-state index >= 15 is 0 Å². The van der Waals surface area contributed by atoms with Crippen LogP contribution < -0.4 is 11.1 Å². The fourth-order valence-electron chi connectivity index (χ4n) is 1.80. The van der Waals surface area contributed by atoms with Gasteiger partial charge in [-0.15, -0.1) is 0 Å². The number of hydrogen-bond acceptors (Lipinski definition) is 3. The molecule has 2 atom stereocenters. The fraction of sp³-hybridized carbons (Fsp3) is 0.600. The number of aromatic nitrogens is 2. The Morgan fingerprint density at radius 2 is 2.12 bits per heavy atom. The molecule has 1 heterocycles. The van der Waals surface area contributed by atoms with Gasteiger partial charge in [0.15, 0.2) is 0 Å². The second kappa shape index (κ2) is 4.84. The minimum Gasteiger partial charge on any atom is -0.368 e. The second-order valence-electron chi connectivity index (χ2n) is 3.84. The van der Waals surface area contributed by atoms with Crippen molar-refractivity contribution in [1.29, 1.82) is 0 Å². The van der Waals surface area contributed by atoms with Gasteiger partial charge in [0.05, 0.1) is 22.5 Å². The first-order valence-corrected chi connectivity index (χ1v) is 5.45. The molecule has 0 saturated carbocycles. The molecule has 0 aromatic carbocycles. The van der Waals surface area contributed by atoms with Gasteiger partial charge in [-0.1, -0.05) is 11.6 Å². The van der Waals surface area contributed by atoms with Gasteiger partial charge < -0.3 is 11.1 Å². The van der Waals surface area contributed by atoms with Gasteiger partial charge in [-0.05, 0) is 27.8 Å². The summed E-state index contributed by atoms with van der Waals surface area (Å²) in [5.41, 5.74) is 6.90. The molecule has 1 aromatic heterocycles. The van der Waals surface area contributed by atoms with E-state index < -0.39 is 11.9 Å². The van der Waals surface area contributed by atoms with E-state index in [1.807, 2.05) is 20.8 Å². The first kappa shape index (κ1) is 13.0. The largest absolute Gasteiger partial charge is 0.368 e. The molecule has 0 radical (unpaired) electrons. The van der Waals surface area contributed by atoms with E-state index in [2.05, 4.69) is 10.4 Å². The van der Waals surface area contributed by atoms with Gasteiger partial charge >= 0.3 is 0 Å². The Labute approximate surface area is 99.9 Å². The van der Waals surface area contributed by atoms with Crippen LogP contribution in [0.2, 0.25) is 5.02 Å². The molecule has 16 heavy (non-hydrogen) atoms. The number of amides is 1. The van der Waals surface area contributed by atoms with Gasteiger partial charge in [0.1, 0.15) is 6.04 Å². The zero-order valence-electron chi connectivity index (χ0n) is 9.91. The van der Waals surface area contributed by atoms with E-state index in [0.717, 1.165) is 11.4 Å². The summed E-state index contributed by atoms with van der Waals surface area (Å²) in [6, 6.07) is -0.636. The van der Waals surface area contributed by atoms with Gasteiger partial charge in [0.2, 0.25) is 5.91 Å². The Kier molecular flexibility index (Phi) is 3.93. The standard InChI is InChI=1S/C10H17ClN4O/c1-5-8(11)6(2)15(14-5)7(3)9(13-4)10(12)16/h7,9,13H,1-4H3,(H2,12,16). The average molecular weight is 245 g/mol. The first-order chi connectivity index (χ1) is 7.40. The van der Waals surface area contributed by atoms with Crippen molar-refractivity contribution in [2.75, 3.05) is 7.05 Å². The van der Waals surface area contributed by atoms with E-state index in [1.165, 1.54) is 0 Å². The van der Waals surface area contributed by atoms with Crippen LogP contribution in [-0.2, 0) is 4.79 Å². The van der Waals surface area contributed by atoms with Crippen molar-refractivity contribution in [3.8, 4) is 0 Å². The molecule has 0 bridgehead atoms. The maximum absolute atomic E-state index is 11.2. The number of nitrogens with two attached hydrogens (primary N) is 1. The average Bonchev–Trinajstić information content (AvgIpc) is 2.46. The summed E-state index contributed by atoms with van der Waals surface area (Å²) < 4.78 is 1.73. The number of carbonyl (C=O) groups is 1. The highest BCUT2D eigenvalue weighted by Gasteiger charge is 2.25. The lowest BCUT2D eigenvalue weighted by atomic mass is 10.1. The van der Waals surface area contributed by atoms with Gasteiger partial charge in [0.25, 0.3) is 0 Å². The predicted molar refractivity (Wildman–Crippen MR) is 63.5 cm³/mol. The van der Waals surface area contributed by atoms with E-state index in [-0.39, 0.29) is 6.04 Å². The van der Waals surface area contributed by atoms with Crippen LogP contribution in [0.1, 0.15) is 24.4 Å². The maximum Gasteiger partial charge on any atom is 0.236 e. The third-order valence-electron chi connectivity index (χ3n) is 2.72. The van der Waals surface area contributed by atoms with Gasteiger partial charge in [-0.3, -0.25) is 9.48 Å². The van der Waals surface area contributed by atoms with Crippen LogP contribution in [0.4, 0.5) is 0 Å². The quantitative estimate of drug-likeness (QED) is 0.823. The predicted octanol–water partition coefficient (Wildman–Crippen LogP) is 0.788. The Morgan fingerprint density at radius 3 is 2.44 bits per heavy atom. The summed E-state index contributed by atoms with van der Waals surface area (Å²) >= 11 is 6.05. The van der Waals surface area contributed by atoms with Crippen LogP contribution in [0.15, 0.2) is 0 Å². The fourth-order valence-corrected chi connectivity index (χ4v) is 1.93. The molecule has 0 saturated heterocycles. The Morgan fingerprint density at radius 1 is 1.56 bits per heavy atom. The van der Waals surface area contributed by atoms with E-state index in [1.54, 1.807) is 11.7 Å². The molecule has 90 valence electrons. The van der Waals surface area contributed by atoms with Gasteiger partial charge in [0, 0.05) is 0 Å². The molecular formula is C10H17ClN4O. The molecule has 1 rings (SSSR count). The number of aryl methyl sites for hydroxylation is 1. The summed E-state index contributed by atoms with van der Waals surface area (Å²) in [7, 11) is 1.69. The highest BCUT2D eigenvalue weighted by molar-refractivity contribution is 6.31. The molecule has 0 aliphatic rings. The van der Waals surface area contributed by atoms with Crippen LogP contribution in [0.5, 0.6) is 0 Å². The monoisotopic (exact) mass is 244 g/mol. The number of carbonyl (C=O) groups excluding carboxylic acids is 1. The number of rotatable bonds is 4. The van der Waals surface area contributed by atoms with Gasteiger partial charge in [-0.25, -0.2) is 0 Å². The van der Waals surface area contributed by atoms with Crippen molar-refractivity contribution in [2.45, 2.75) is 32.9 Å². The van der Waals surface area contributed by atoms with Crippen molar-refractivity contribution in [3.05, 3.63) is 16.4 Å². The number of primary amides is 1. The highest BCUT2D eigenvalue weighted by atomic mass is 35.5. The third kappa shape index (κ3) is 2.20. The van der Waals surface area contributed by atoms with E-state index in [4.69, 9.17) is 17.3 Å². The molecule has 6 heteroatoms. The molecule has 1 aromatic rings. The Bertz CT molecular complexity index is 402. The lowest BCUT2D eigenvalue weighted by Gasteiger charge is -2.22. The Balaban J connectivity index is 3.08. The maximum atomic E-state index is 11.2. The topological polar surface area (TPSA) is 72.9 Å². The van der Waals surface area contributed by atoms with Crippen LogP contribution in [0.25, 0.3) is 0 Å². The summed E-state index contributed by atoms with van der Waals surface area (Å²) in [5.74, 6) is -0.404. The zero-order chi connectivity index (χ0) is 12.5. The summed E-state index contributed by atoms with van der Waals surface area (Å²) in [4.78, 5) is 11.2. The van der Waals surface area contributed by atoms with Crippen molar-refractivity contribution < 1.29 is 4.79 Å². The van der Waals surface area contributed by atoms with Crippen molar-refractivity contribution >= 4 is 17.5 Å². The number of hydrogen-bond donors (Lipinski definition) is 2. The van der Waals surface area contributed by atoms with Crippen molar-refractivity contribution in [3.63, 3.8) is 0 Å². The van der Waals surface area contributed by atoms with Crippen LogP contribution in [-0.4, -0.2) is 28.8 Å². The zero-order valence-corrected chi connectivity index (χ0v) is 10.7. The number of likely N-dealkylation sites (N-methyl/N-ethyl adjacent to an activating group) is 1. The van der Waals surface area contributed by atoms with Crippen molar-refractivity contribution in [1.82, 2.24) is 15.1 Å². The van der Waals surface area contributed by atoms with E-state index in [0.29, 0.717) is 5.02 Å². The Hall–Kier alpha value is -1.07. The molecule has 5 nitrogen and oxygen atoms in total. The van der Waals surface area contributed by atoms with Crippen molar-refractivity contribution in [2.24, 2.45) is 5.73 Å².